The summed E-state index contributed by atoms with van der Waals surface area (Å²) in [4.78, 5) is 1.16. The molecule has 0 aliphatic heterocycles. The monoisotopic (exact) mass is 287 g/mol. The van der Waals surface area contributed by atoms with Crippen LogP contribution in [0.5, 0.6) is 0 Å². The van der Waals surface area contributed by atoms with Gasteiger partial charge in [0.2, 0.25) is 0 Å². The van der Waals surface area contributed by atoms with E-state index in [1.54, 1.807) is 11.8 Å². The fraction of sp³-hybridized carbons (Fsp3) is 0.455. The minimum Gasteiger partial charge on any atom is -0.399 e. The molecule has 2 atom stereocenters. The number of rotatable bonds is 2. The van der Waals surface area contributed by atoms with Gasteiger partial charge in [0.05, 0.1) is 6.10 Å². The Balaban J connectivity index is 2.10. The van der Waals surface area contributed by atoms with Crippen LogP contribution in [0, 0.1) is 0 Å². The Morgan fingerprint density at radius 2 is 2.20 bits per heavy atom. The van der Waals surface area contributed by atoms with E-state index in [0.717, 1.165) is 34.3 Å². The molecule has 82 valence electrons. The molecule has 0 saturated heterocycles. The number of hydrogen-bond donors (Lipinski definition) is 2. The van der Waals surface area contributed by atoms with Crippen molar-refractivity contribution in [3.05, 3.63) is 22.7 Å². The Labute approximate surface area is 102 Å². The van der Waals surface area contributed by atoms with Crippen LogP contribution < -0.4 is 5.73 Å². The van der Waals surface area contributed by atoms with Crippen LogP contribution in [0.4, 0.5) is 5.69 Å². The third-order valence-corrected chi connectivity index (χ3v) is 5.03. The second kappa shape index (κ2) is 4.76. The fourth-order valence-electron chi connectivity index (χ4n) is 1.82. The third kappa shape index (κ3) is 2.68. The molecule has 15 heavy (non-hydrogen) atoms. The first kappa shape index (κ1) is 11.3. The highest BCUT2D eigenvalue weighted by Crippen LogP contribution is 2.38. The van der Waals surface area contributed by atoms with Crippen molar-refractivity contribution in [1.29, 1.82) is 0 Å². The highest BCUT2D eigenvalue weighted by Gasteiger charge is 2.26. The first-order chi connectivity index (χ1) is 7.16. The van der Waals surface area contributed by atoms with Gasteiger partial charge in [-0.2, -0.15) is 0 Å². The zero-order chi connectivity index (χ0) is 10.8. The Morgan fingerprint density at radius 1 is 1.40 bits per heavy atom. The van der Waals surface area contributed by atoms with Crippen LogP contribution in [0.3, 0.4) is 0 Å². The van der Waals surface area contributed by atoms with Crippen molar-refractivity contribution in [1.82, 2.24) is 0 Å². The molecule has 1 fully saturated rings. The van der Waals surface area contributed by atoms with Crippen LogP contribution in [-0.4, -0.2) is 16.5 Å². The summed E-state index contributed by atoms with van der Waals surface area (Å²) in [6, 6.07) is 5.81. The van der Waals surface area contributed by atoms with Crippen LogP contribution in [-0.2, 0) is 0 Å². The smallest absolute Gasteiger partial charge is 0.0662 e. The largest absolute Gasteiger partial charge is 0.399 e. The van der Waals surface area contributed by atoms with Crippen molar-refractivity contribution in [2.75, 3.05) is 5.73 Å². The van der Waals surface area contributed by atoms with Gasteiger partial charge in [-0.05, 0) is 53.4 Å². The van der Waals surface area contributed by atoms with E-state index in [0.29, 0.717) is 5.25 Å². The van der Waals surface area contributed by atoms with Crippen molar-refractivity contribution in [2.45, 2.75) is 35.5 Å². The van der Waals surface area contributed by atoms with E-state index >= 15 is 0 Å². The topological polar surface area (TPSA) is 46.2 Å². The lowest BCUT2D eigenvalue weighted by Crippen LogP contribution is -2.14. The number of anilines is 1. The molecule has 1 saturated carbocycles. The van der Waals surface area contributed by atoms with E-state index in [-0.39, 0.29) is 6.10 Å². The molecule has 1 aliphatic rings. The summed E-state index contributed by atoms with van der Waals surface area (Å²) < 4.78 is 1.02. The Kier molecular flexibility index (Phi) is 3.59. The molecule has 2 rings (SSSR count). The second-order valence-corrected chi connectivity index (χ2v) is 5.98. The van der Waals surface area contributed by atoms with Gasteiger partial charge in [-0.25, -0.2) is 0 Å². The highest BCUT2D eigenvalue weighted by atomic mass is 79.9. The number of aliphatic hydroxyl groups is 1. The SMILES string of the molecule is Nc1ccc(SC2CCCC2O)c(Br)c1. The lowest BCUT2D eigenvalue weighted by Gasteiger charge is -2.14. The highest BCUT2D eigenvalue weighted by molar-refractivity contribution is 9.10. The van der Waals surface area contributed by atoms with E-state index in [1.807, 2.05) is 18.2 Å². The van der Waals surface area contributed by atoms with Crippen molar-refractivity contribution in [3.63, 3.8) is 0 Å². The predicted octanol–water partition coefficient (Wildman–Crippen LogP) is 3.04. The van der Waals surface area contributed by atoms with Crippen molar-refractivity contribution in [2.24, 2.45) is 0 Å². The number of nitrogens with two attached hydrogens (primary N) is 1. The Hall–Kier alpha value is -0.190. The average molecular weight is 288 g/mol. The predicted molar refractivity (Wildman–Crippen MR) is 68.1 cm³/mol. The van der Waals surface area contributed by atoms with Gasteiger partial charge >= 0.3 is 0 Å². The lowest BCUT2D eigenvalue weighted by atomic mass is 10.3. The minimum atomic E-state index is -0.153. The summed E-state index contributed by atoms with van der Waals surface area (Å²) in [5.74, 6) is 0. The molecular formula is C11H14BrNOS. The van der Waals surface area contributed by atoms with Gasteiger partial charge in [-0.3, -0.25) is 0 Å². The number of benzene rings is 1. The van der Waals surface area contributed by atoms with Crippen LogP contribution in [0.2, 0.25) is 0 Å². The molecule has 2 nitrogen and oxygen atoms in total. The van der Waals surface area contributed by atoms with Gasteiger partial charge in [0.1, 0.15) is 0 Å². The summed E-state index contributed by atoms with van der Waals surface area (Å²) in [5.41, 5.74) is 6.44. The maximum Gasteiger partial charge on any atom is 0.0662 e. The van der Waals surface area contributed by atoms with Gasteiger partial charge in [-0.1, -0.05) is 0 Å². The summed E-state index contributed by atoms with van der Waals surface area (Å²) in [5, 5.41) is 10.1. The zero-order valence-corrected chi connectivity index (χ0v) is 10.7. The molecule has 2 unspecified atom stereocenters. The summed E-state index contributed by atoms with van der Waals surface area (Å²) in [7, 11) is 0. The van der Waals surface area contributed by atoms with Crippen LogP contribution in [0.25, 0.3) is 0 Å². The Morgan fingerprint density at radius 3 is 2.80 bits per heavy atom. The number of hydrogen-bond acceptors (Lipinski definition) is 3. The second-order valence-electron chi connectivity index (χ2n) is 3.84. The zero-order valence-electron chi connectivity index (χ0n) is 8.32. The van der Waals surface area contributed by atoms with Gasteiger partial charge < -0.3 is 10.8 Å². The van der Waals surface area contributed by atoms with Crippen LogP contribution in [0.15, 0.2) is 27.6 Å². The third-order valence-electron chi connectivity index (χ3n) is 2.65. The van der Waals surface area contributed by atoms with E-state index < -0.39 is 0 Å². The lowest BCUT2D eigenvalue weighted by molar-refractivity contribution is 0.188. The van der Waals surface area contributed by atoms with Crippen molar-refractivity contribution in [3.8, 4) is 0 Å². The molecule has 1 aliphatic carbocycles. The quantitative estimate of drug-likeness (QED) is 0.822. The molecule has 3 N–H and O–H groups in total. The maximum absolute atomic E-state index is 9.73. The first-order valence-corrected chi connectivity index (χ1v) is 6.74. The normalized spacial score (nSPS) is 25.7. The van der Waals surface area contributed by atoms with Gasteiger partial charge in [0.15, 0.2) is 0 Å². The summed E-state index contributed by atoms with van der Waals surface area (Å²) in [6.45, 7) is 0. The molecule has 1 aromatic carbocycles. The number of thioether (sulfide) groups is 1. The summed E-state index contributed by atoms with van der Waals surface area (Å²) >= 11 is 5.23. The van der Waals surface area contributed by atoms with Gasteiger partial charge in [0.25, 0.3) is 0 Å². The maximum atomic E-state index is 9.73. The average Bonchev–Trinajstić information content (AvgIpc) is 2.57. The minimum absolute atomic E-state index is 0.153. The fourth-order valence-corrected chi connectivity index (χ4v) is 3.72. The molecule has 0 aromatic heterocycles. The van der Waals surface area contributed by atoms with E-state index in [9.17, 15) is 5.11 Å². The van der Waals surface area contributed by atoms with Crippen LogP contribution >= 0.6 is 27.7 Å². The first-order valence-electron chi connectivity index (χ1n) is 5.06. The van der Waals surface area contributed by atoms with Crippen molar-refractivity contribution < 1.29 is 5.11 Å². The van der Waals surface area contributed by atoms with Crippen LogP contribution in [0.1, 0.15) is 19.3 Å². The molecule has 0 radical (unpaired) electrons. The van der Waals surface area contributed by atoms with Crippen molar-refractivity contribution >= 4 is 33.4 Å². The van der Waals surface area contributed by atoms with E-state index in [4.69, 9.17) is 5.73 Å². The Bertz CT molecular complexity index is 358. The number of aliphatic hydroxyl groups excluding tert-OH is 1. The molecule has 0 bridgehead atoms. The van der Waals surface area contributed by atoms with Gasteiger partial charge in [0, 0.05) is 20.3 Å². The number of halogens is 1. The molecule has 0 spiro atoms. The van der Waals surface area contributed by atoms with E-state index in [2.05, 4.69) is 15.9 Å². The molecule has 4 heteroatoms. The van der Waals surface area contributed by atoms with Gasteiger partial charge in [-0.15, -0.1) is 11.8 Å². The summed E-state index contributed by atoms with van der Waals surface area (Å²) in [6.07, 6.45) is 3.01. The molecule has 1 aromatic rings. The standard InChI is InChI=1S/C11H14BrNOS/c12-8-6-7(13)4-5-10(8)15-11-3-1-2-9(11)14/h4-6,9,11,14H,1-3,13H2. The molecular weight excluding hydrogens is 274 g/mol. The molecule has 0 heterocycles. The molecule has 0 amide bonds. The number of nitrogen functional groups attached to an aromatic ring is 1. The van der Waals surface area contributed by atoms with E-state index in [1.165, 1.54) is 0 Å².